The number of rotatable bonds is 3. The van der Waals surface area contributed by atoms with Crippen molar-refractivity contribution in [3.8, 4) is 16.9 Å². The first kappa shape index (κ1) is 15.1. The van der Waals surface area contributed by atoms with E-state index in [1.165, 1.54) is 0 Å². The Kier molecular flexibility index (Phi) is 3.74. The van der Waals surface area contributed by atoms with Crippen LogP contribution in [-0.2, 0) is 9.53 Å². The summed E-state index contributed by atoms with van der Waals surface area (Å²) >= 11 is 0. The largest absolute Gasteiger partial charge is 0.407 e. The molecule has 2 heterocycles. The van der Waals surface area contributed by atoms with Crippen LogP contribution in [0, 0.1) is 0 Å². The Morgan fingerprint density at radius 2 is 1.68 bits per heavy atom. The number of hydrogen-bond donors (Lipinski definition) is 0. The normalized spacial score (nSPS) is 15.3. The van der Waals surface area contributed by atoms with Crippen LogP contribution in [-0.4, -0.2) is 21.6 Å². The summed E-state index contributed by atoms with van der Waals surface area (Å²) in [5, 5.41) is 4.71. The van der Waals surface area contributed by atoms with E-state index in [9.17, 15) is 4.79 Å². The predicted octanol–water partition coefficient (Wildman–Crippen LogP) is 3.86. The van der Waals surface area contributed by atoms with Gasteiger partial charge in [-0.2, -0.15) is 5.10 Å². The van der Waals surface area contributed by atoms with E-state index in [1.54, 1.807) is 17.7 Å². The minimum Gasteiger partial charge on any atom is -0.407 e. The van der Waals surface area contributed by atoms with Crippen molar-refractivity contribution < 1.29 is 9.53 Å². The maximum atomic E-state index is 11.9. The molecule has 0 spiro atoms. The molecule has 0 aliphatic carbocycles. The number of ether oxygens (including phenoxy) is 1. The molecule has 0 atom stereocenters. The summed E-state index contributed by atoms with van der Waals surface area (Å²) < 4.78 is 6.80. The van der Waals surface area contributed by atoms with Gasteiger partial charge >= 0.3 is 5.97 Å². The Bertz CT molecular complexity index is 986. The number of cyclic esters (lactones) is 1. The van der Waals surface area contributed by atoms with E-state index in [2.05, 4.69) is 4.99 Å². The van der Waals surface area contributed by atoms with Crippen molar-refractivity contribution in [2.45, 2.75) is 6.92 Å². The summed E-state index contributed by atoms with van der Waals surface area (Å²) in [5.74, 6) is -0.0862. The van der Waals surface area contributed by atoms with Crippen LogP contribution < -0.4 is 0 Å². The first-order valence-corrected chi connectivity index (χ1v) is 7.90. The van der Waals surface area contributed by atoms with Crippen molar-refractivity contribution >= 4 is 17.9 Å². The molecule has 0 amide bonds. The molecule has 122 valence electrons. The molecule has 1 aromatic heterocycles. The van der Waals surface area contributed by atoms with Crippen molar-refractivity contribution in [1.29, 1.82) is 0 Å². The molecule has 5 heteroatoms. The quantitative estimate of drug-likeness (QED) is 0.541. The molecule has 5 nitrogen and oxygen atoms in total. The van der Waals surface area contributed by atoms with Gasteiger partial charge in [-0.25, -0.2) is 14.5 Å². The molecule has 0 fully saturated rings. The smallest absolute Gasteiger partial charge is 0.363 e. The minimum absolute atomic E-state index is 0.280. The van der Waals surface area contributed by atoms with E-state index in [4.69, 9.17) is 9.84 Å². The van der Waals surface area contributed by atoms with Gasteiger partial charge < -0.3 is 4.74 Å². The molecule has 0 unspecified atom stereocenters. The molecular formula is C20H15N3O2. The molecule has 1 aliphatic rings. The fourth-order valence-corrected chi connectivity index (χ4v) is 2.69. The molecule has 4 rings (SSSR count). The van der Waals surface area contributed by atoms with Gasteiger partial charge in [-0.15, -0.1) is 0 Å². The Morgan fingerprint density at radius 1 is 1.00 bits per heavy atom. The molecule has 0 radical (unpaired) electrons. The van der Waals surface area contributed by atoms with Crippen LogP contribution in [0.5, 0.6) is 0 Å². The molecule has 1 aliphatic heterocycles. The first-order valence-electron chi connectivity index (χ1n) is 7.90. The number of esters is 1. The van der Waals surface area contributed by atoms with Gasteiger partial charge in [0.1, 0.15) is 5.69 Å². The zero-order chi connectivity index (χ0) is 17.2. The molecule has 0 saturated carbocycles. The lowest BCUT2D eigenvalue weighted by Crippen LogP contribution is -1.99. The van der Waals surface area contributed by atoms with E-state index in [0.29, 0.717) is 5.90 Å². The Morgan fingerprint density at radius 3 is 2.32 bits per heavy atom. The van der Waals surface area contributed by atoms with Crippen LogP contribution in [0.25, 0.3) is 23.0 Å². The second kappa shape index (κ2) is 6.20. The maximum Gasteiger partial charge on any atom is 0.363 e. The highest BCUT2D eigenvalue weighted by atomic mass is 16.6. The Hall–Kier alpha value is -3.47. The molecule has 0 bridgehead atoms. The summed E-state index contributed by atoms with van der Waals surface area (Å²) in [6.07, 6.45) is 3.61. The van der Waals surface area contributed by atoms with Gasteiger partial charge in [0.25, 0.3) is 0 Å². The third kappa shape index (κ3) is 2.99. The van der Waals surface area contributed by atoms with Crippen molar-refractivity contribution in [3.63, 3.8) is 0 Å². The van der Waals surface area contributed by atoms with E-state index in [-0.39, 0.29) is 5.70 Å². The van der Waals surface area contributed by atoms with Gasteiger partial charge in [-0.3, -0.25) is 0 Å². The Labute approximate surface area is 144 Å². The molecule has 0 saturated heterocycles. The predicted molar refractivity (Wildman–Crippen MR) is 96.2 cm³/mol. The number of carbonyl (C=O) groups is 1. The maximum absolute atomic E-state index is 11.9. The zero-order valence-corrected chi connectivity index (χ0v) is 13.6. The molecule has 25 heavy (non-hydrogen) atoms. The molecule has 3 aromatic rings. The molecule has 2 aromatic carbocycles. The third-order valence-corrected chi connectivity index (χ3v) is 3.83. The second-order valence-corrected chi connectivity index (χ2v) is 5.63. The van der Waals surface area contributed by atoms with Crippen LogP contribution in [0.3, 0.4) is 0 Å². The van der Waals surface area contributed by atoms with Crippen LogP contribution in [0.4, 0.5) is 0 Å². The zero-order valence-electron chi connectivity index (χ0n) is 13.6. The number of hydrogen-bond acceptors (Lipinski definition) is 4. The van der Waals surface area contributed by atoms with Crippen molar-refractivity contribution in [3.05, 3.63) is 78.1 Å². The fourth-order valence-electron chi connectivity index (χ4n) is 2.69. The molecular weight excluding hydrogens is 314 g/mol. The van der Waals surface area contributed by atoms with Crippen LogP contribution in [0.15, 0.2) is 77.5 Å². The van der Waals surface area contributed by atoms with Gasteiger partial charge in [-0.1, -0.05) is 48.5 Å². The van der Waals surface area contributed by atoms with Crippen LogP contribution >= 0.6 is 0 Å². The standard InChI is InChI=1S/C20H15N3O2/c1-14-21-18(20(24)25-14)12-16-13-23(17-10-6-3-7-11-17)22-19(16)15-8-4-2-5-9-15/h2-13H,1H3/b18-12+. The van der Waals surface area contributed by atoms with E-state index < -0.39 is 5.97 Å². The van der Waals surface area contributed by atoms with Gasteiger partial charge in [0.15, 0.2) is 11.6 Å². The molecule has 0 N–H and O–H groups in total. The van der Waals surface area contributed by atoms with Gasteiger partial charge in [0.05, 0.1) is 5.69 Å². The summed E-state index contributed by atoms with van der Waals surface area (Å²) in [6.45, 7) is 1.66. The average Bonchev–Trinajstić information content (AvgIpc) is 3.20. The Balaban J connectivity index is 1.86. The lowest BCUT2D eigenvalue weighted by molar-refractivity contribution is -0.130. The number of benzene rings is 2. The number of para-hydroxylation sites is 1. The summed E-state index contributed by atoms with van der Waals surface area (Å²) in [6, 6.07) is 19.7. The summed E-state index contributed by atoms with van der Waals surface area (Å²) in [7, 11) is 0. The SMILES string of the molecule is CC1=N/C(=C/c2cn(-c3ccccc3)nc2-c2ccccc2)C(=O)O1. The van der Waals surface area contributed by atoms with Crippen molar-refractivity contribution in [2.75, 3.05) is 0 Å². The van der Waals surface area contributed by atoms with Crippen molar-refractivity contribution in [1.82, 2.24) is 9.78 Å². The second-order valence-electron chi connectivity index (χ2n) is 5.63. The van der Waals surface area contributed by atoms with Gasteiger partial charge in [-0.05, 0) is 18.2 Å². The monoisotopic (exact) mass is 329 g/mol. The average molecular weight is 329 g/mol. The lowest BCUT2D eigenvalue weighted by atomic mass is 10.1. The van der Waals surface area contributed by atoms with Gasteiger partial charge in [0.2, 0.25) is 0 Å². The third-order valence-electron chi connectivity index (χ3n) is 3.83. The highest BCUT2D eigenvalue weighted by Crippen LogP contribution is 2.27. The highest BCUT2D eigenvalue weighted by molar-refractivity contribution is 6.06. The number of aromatic nitrogens is 2. The van der Waals surface area contributed by atoms with E-state index >= 15 is 0 Å². The summed E-state index contributed by atoms with van der Waals surface area (Å²) in [5.41, 5.74) is 3.78. The highest BCUT2D eigenvalue weighted by Gasteiger charge is 2.21. The minimum atomic E-state index is -0.441. The number of nitrogens with zero attached hydrogens (tertiary/aromatic N) is 3. The lowest BCUT2D eigenvalue weighted by Gasteiger charge is -2.00. The van der Waals surface area contributed by atoms with E-state index in [1.807, 2.05) is 66.9 Å². The van der Waals surface area contributed by atoms with Crippen LogP contribution in [0.1, 0.15) is 12.5 Å². The van der Waals surface area contributed by atoms with Crippen molar-refractivity contribution in [2.24, 2.45) is 4.99 Å². The van der Waals surface area contributed by atoms with E-state index in [0.717, 1.165) is 22.5 Å². The van der Waals surface area contributed by atoms with Gasteiger partial charge in [0, 0.05) is 24.2 Å². The topological polar surface area (TPSA) is 56.5 Å². The fraction of sp³-hybridized carbons (Fsp3) is 0.0500. The summed E-state index contributed by atoms with van der Waals surface area (Å²) in [4.78, 5) is 16.0. The van der Waals surface area contributed by atoms with Crippen LogP contribution in [0.2, 0.25) is 0 Å². The first-order chi connectivity index (χ1) is 12.2. The number of carbonyl (C=O) groups excluding carboxylic acids is 1. The number of aliphatic imine (C=N–C) groups is 1.